The molecule has 1 saturated heterocycles. The van der Waals surface area contributed by atoms with E-state index in [1.807, 2.05) is 30.3 Å². The Morgan fingerprint density at radius 1 is 0.980 bits per heavy atom. The number of imide groups is 1. The van der Waals surface area contributed by atoms with Crippen molar-refractivity contribution in [2.45, 2.75) is 44.3 Å². The Morgan fingerprint density at radius 2 is 1.63 bits per heavy atom. The first-order chi connectivity index (χ1) is 23.2. The molecule has 4 atom stereocenters. The van der Waals surface area contributed by atoms with Crippen LogP contribution < -0.4 is 4.90 Å². The van der Waals surface area contributed by atoms with Gasteiger partial charge in [0.1, 0.15) is 18.1 Å². The minimum absolute atomic E-state index is 0.0547. The van der Waals surface area contributed by atoms with Gasteiger partial charge in [-0.25, -0.2) is 4.90 Å². The molecule has 8 nitrogen and oxygen atoms in total. The van der Waals surface area contributed by atoms with Gasteiger partial charge < -0.3 is 24.5 Å². The standard InChI is InChI=1S/C35H33F6NO7/c1-48-18-21-12-27-31(33(47)42(32(27)46)24-14-22(34(36,37)38)13-23(15-24)35(39,40)41)28(17-44)30(21)29(45)10-7-20(19-5-3-2-4-6-19)11-25-8-9-26(16-43)49-25/h2-6,8-9,11,13-15,27-29,31,43-45H,7,10,12,16-18H2,1H3/b20-11-/t27-,28+,29-,31-/m1/s1. The largest absolute Gasteiger partial charge is 0.459 e. The summed E-state index contributed by atoms with van der Waals surface area (Å²) in [4.78, 5) is 27.8. The number of amides is 2. The number of furan rings is 1. The van der Waals surface area contributed by atoms with E-state index in [9.17, 15) is 51.3 Å². The van der Waals surface area contributed by atoms with E-state index in [0.29, 0.717) is 34.1 Å². The second kappa shape index (κ2) is 14.3. The van der Waals surface area contributed by atoms with Gasteiger partial charge in [0, 0.05) is 13.0 Å². The minimum atomic E-state index is -5.21. The smallest absolute Gasteiger partial charge is 0.416 e. The van der Waals surface area contributed by atoms with Gasteiger partial charge in [-0.15, -0.1) is 0 Å². The monoisotopic (exact) mass is 693 g/mol. The second-order valence-electron chi connectivity index (χ2n) is 11.9. The number of hydrogen-bond donors (Lipinski definition) is 3. The molecule has 2 amide bonds. The summed E-state index contributed by atoms with van der Waals surface area (Å²) in [5, 5.41) is 31.6. The van der Waals surface area contributed by atoms with Crippen molar-refractivity contribution in [3.8, 4) is 0 Å². The molecule has 0 saturated carbocycles. The molecule has 262 valence electrons. The molecule has 5 rings (SSSR count). The summed E-state index contributed by atoms with van der Waals surface area (Å²) in [5.74, 6) is -5.08. The Bertz CT molecular complexity index is 1710. The SMILES string of the molecule is COCC1=C([C@H](O)CC/C(=C/c2ccc(CO)o2)c2ccccc2)[C@H](CO)[C@@H]2C(=O)N(c3cc(C(F)(F)F)cc(C(F)(F)F)c3)C(=O)[C@@H]2C1. The molecule has 49 heavy (non-hydrogen) atoms. The highest BCUT2D eigenvalue weighted by molar-refractivity contribution is 6.22. The summed E-state index contributed by atoms with van der Waals surface area (Å²) in [5.41, 5.74) is -2.11. The van der Waals surface area contributed by atoms with Gasteiger partial charge in [-0.1, -0.05) is 30.3 Å². The average Bonchev–Trinajstić information content (AvgIpc) is 3.62. The molecule has 0 unspecified atom stereocenters. The number of aliphatic hydroxyl groups excluding tert-OH is 3. The lowest BCUT2D eigenvalue weighted by Crippen LogP contribution is -2.39. The predicted molar refractivity (Wildman–Crippen MR) is 164 cm³/mol. The predicted octanol–water partition coefficient (Wildman–Crippen LogP) is 6.25. The van der Waals surface area contributed by atoms with Crippen LogP contribution >= 0.6 is 0 Å². The molecule has 14 heteroatoms. The van der Waals surface area contributed by atoms with Gasteiger partial charge in [0.15, 0.2) is 0 Å². The molecule has 3 N–H and O–H groups in total. The van der Waals surface area contributed by atoms with Crippen LogP contribution in [0.1, 0.15) is 47.5 Å². The molecule has 2 heterocycles. The number of alkyl halides is 6. The minimum Gasteiger partial charge on any atom is -0.459 e. The van der Waals surface area contributed by atoms with E-state index >= 15 is 0 Å². The molecule has 1 fully saturated rings. The summed E-state index contributed by atoms with van der Waals surface area (Å²) in [6.07, 6.45) is -9.84. The van der Waals surface area contributed by atoms with Gasteiger partial charge in [-0.05, 0) is 78.0 Å². The molecule has 0 spiro atoms. The number of anilines is 1. The molecule has 1 aliphatic heterocycles. The van der Waals surface area contributed by atoms with E-state index in [1.54, 1.807) is 18.2 Å². The van der Waals surface area contributed by atoms with Crippen LogP contribution in [0.15, 0.2) is 76.2 Å². The van der Waals surface area contributed by atoms with E-state index in [1.165, 1.54) is 7.11 Å². The molecule has 3 aromatic rings. The maximum absolute atomic E-state index is 13.8. The van der Waals surface area contributed by atoms with Gasteiger partial charge >= 0.3 is 12.4 Å². The maximum atomic E-state index is 13.8. The van der Waals surface area contributed by atoms with Crippen LogP contribution in [0.5, 0.6) is 0 Å². The third kappa shape index (κ3) is 7.52. The van der Waals surface area contributed by atoms with E-state index in [4.69, 9.17) is 9.15 Å². The Hall–Kier alpha value is -4.24. The number of rotatable bonds is 11. The van der Waals surface area contributed by atoms with Crippen molar-refractivity contribution >= 4 is 29.2 Å². The number of allylic oxidation sites excluding steroid dienone is 1. The van der Waals surface area contributed by atoms with E-state index in [-0.39, 0.29) is 44.1 Å². The molecule has 0 radical (unpaired) electrons. The number of carbonyl (C=O) groups is 2. The van der Waals surface area contributed by atoms with Crippen LogP contribution in [0, 0.1) is 17.8 Å². The van der Waals surface area contributed by atoms with Crippen LogP contribution in [0.3, 0.4) is 0 Å². The van der Waals surface area contributed by atoms with Crippen LogP contribution in [0.2, 0.25) is 0 Å². The summed E-state index contributed by atoms with van der Waals surface area (Å²) < 4.78 is 92.7. The maximum Gasteiger partial charge on any atom is 0.416 e. The van der Waals surface area contributed by atoms with E-state index in [2.05, 4.69) is 0 Å². The Balaban J connectivity index is 1.48. The number of aliphatic hydroxyl groups is 3. The quantitative estimate of drug-likeness (QED) is 0.123. The normalized spacial score (nSPS) is 21.1. The van der Waals surface area contributed by atoms with Crippen molar-refractivity contribution in [1.29, 1.82) is 0 Å². The van der Waals surface area contributed by atoms with E-state index < -0.39 is 71.4 Å². The number of carbonyl (C=O) groups excluding carboxylic acids is 2. The number of ether oxygens (including phenoxy) is 1. The molecule has 0 bridgehead atoms. The van der Waals surface area contributed by atoms with Crippen LogP contribution in [0.25, 0.3) is 11.6 Å². The molecule has 2 aliphatic rings. The molecule has 1 aliphatic carbocycles. The number of halogens is 6. The van der Waals surface area contributed by atoms with Gasteiger partial charge in [-0.2, -0.15) is 26.3 Å². The van der Waals surface area contributed by atoms with Crippen molar-refractivity contribution in [3.63, 3.8) is 0 Å². The van der Waals surface area contributed by atoms with Crippen LogP contribution in [-0.4, -0.2) is 53.6 Å². The van der Waals surface area contributed by atoms with Crippen molar-refractivity contribution in [3.05, 3.63) is 100 Å². The topological polar surface area (TPSA) is 120 Å². The first-order valence-corrected chi connectivity index (χ1v) is 15.3. The van der Waals surface area contributed by atoms with Crippen molar-refractivity contribution < 1.29 is 60.4 Å². The zero-order valence-corrected chi connectivity index (χ0v) is 26.1. The van der Waals surface area contributed by atoms with Crippen molar-refractivity contribution in [2.24, 2.45) is 17.8 Å². The van der Waals surface area contributed by atoms with Crippen LogP contribution in [0.4, 0.5) is 32.0 Å². The van der Waals surface area contributed by atoms with Gasteiger partial charge in [-0.3, -0.25) is 9.59 Å². The Kier molecular flexibility index (Phi) is 10.5. The lowest BCUT2D eigenvalue weighted by atomic mass is 9.68. The zero-order chi connectivity index (χ0) is 35.7. The van der Waals surface area contributed by atoms with Gasteiger partial charge in [0.2, 0.25) is 11.8 Å². The number of nitrogens with zero attached hydrogens (tertiary/aromatic N) is 1. The summed E-state index contributed by atoms with van der Waals surface area (Å²) in [7, 11) is 1.35. The molecule has 2 aromatic carbocycles. The highest BCUT2D eigenvalue weighted by Gasteiger charge is 2.55. The first-order valence-electron chi connectivity index (χ1n) is 15.3. The highest BCUT2D eigenvalue weighted by atomic mass is 19.4. The van der Waals surface area contributed by atoms with E-state index in [0.717, 1.165) is 11.1 Å². The average molecular weight is 694 g/mol. The summed E-state index contributed by atoms with van der Waals surface area (Å²) in [6, 6.07) is 13.0. The zero-order valence-electron chi connectivity index (χ0n) is 26.1. The van der Waals surface area contributed by atoms with Crippen molar-refractivity contribution in [2.75, 3.05) is 25.2 Å². The summed E-state index contributed by atoms with van der Waals surface area (Å²) >= 11 is 0. The fourth-order valence-electron chi connectivity index (χ4n) is 6.72. The molecular weight excluding hydrogens is 660 g/mol. The first kappa shape index (κ1) is 36.1. The Morgan fingerprint density at radius 3 is 2.18 bits per heavy atom. The Labute approximate surface area is 276 Å². The highest BCUT2D eigenvalue weighted by Crippen LogP contribution is 2.48. The third-order valence-electron chi connectivity index (χ3n) is 8.88. The summed E-state index contributed by atoms with van der Waals surface area (Å²) in [6.45, 7) is -1.17. The number of methoxy groups -OCH3 is 1. The lowest BCUT2D eigenvalue weighted by molar-refractivity contribution is -0.143. The lowest BCUT2D eigenvalue weighted by Gasteiger charge is -2.36. The van der Waals surface area contributed by atoms with Gasteiger partial charge in [0.05, 0.1) is 48.0 Å². The van der Waals surface area contributed by atoms with Crippen LogP contribution in [-0.2, 0) is 33.3 Å². The number of benzene rings is 2. The molecular formula is C35H33F6NO7. The van der Waals surface area contributed by atoms with Gasteiger partial charge in [0.25, 0.3) is 0 Å². The number of fused-ring (bicyclic) bond motifs is 1. The molecule has 1 aromatic heterocycles. The fraction of sp³-hybridized carbons (Fsp3) is 0.371. The van der Waals surface area contributed by atoms with Crippen molar-refractivity contribution in [1.82, 2.24) is 0 Å². The second-order valence-corrected chi connectivity index (χ2v) is 11.9. The fourth-order valence-corrected chi connectivity index (χ4v) is 6.72. The number of hydrogen-bond acceptors (Lipinski definition) is 7. The third-order valence-corrected chi connectivity index (χ3v) is 8.88.